The van der Waals surface area contributed by atoms with Gasteiger partial charge in [0.2, 0.25) is 0 Å². The highest BCUT2D eigenvalue weighted by atomic mass is 16.6. The maximum absolute atomic E-state index is 11.1. The van der Waals surface area contributed by atoms with E-state index in [1.807, 2.05) is 6.92 Å². The Labute approximate surface area is 90.9 Å². The molecule has 0 saturated carbocycles. The van der Waals surface area contributed by atoms with Crippen LogP contribution in [0.4, 0.5) is 0 Å². The van der Waals surface area contributed by atoms with Crippen molar-refractivity contribution in [2.75, 3.05) is 13.2 Å². The van der Waals surface area contributed by atoms with Crippen LogP contribution in [-0.2, 0) is 19.1 Å². The minimum absolute atomic E-state index is 0.272. The van der Waals surface area contributed by atoms with Crippen LogP contribution in [0.25, 0.3) is 0 Å². The molecule has 0 fully saturated rings. The van der Waals surface area contributed by atoms with Crippen LogP contribution in [0.2, 0.25) is 0 Å². The molecule has 4 nitrogen and oxygen atoms in total. The lowest BCUT2D eigenvalue weighted by Gasteiger charge is -2.04. The van der Waals surface area contributed by atoms with Crippen molar-refractivity contribution >= 4 is 11.9 Å². The summed E-state index contributed by atoms with van der Waals surface area (Å²) >= 11 is 0. The zero-order chi connectivity index (χ0) is 11.5. The maximum Gasteiger partial charge on any atom is 0.317 e. The van der Waals surface area contributed by atoms with Gasteiger partial charge in [0, 0.05) is 0 Å². The first kappa shape index (κ1) is 13.9. The van der Waals surface area contributed by atoms with E-state index in [1.165, 1.54) is 0 Å². The van der Waals surface area contributed by atoms with Gasteiger partial charge in [-0.1, -0.05) is 26.7 Å². The molecule has 0 aliphatic heterocycles. The van der Waals surface area contributed by atoms with Crippen LogP contribution < -0.4 is 0 Å². The van der Waals surface area contributed by atoms with Crippen molar-refractivity contribution in [1.29, 1.82) is 0 Å². The van der Waals surface area contributed by atoms with Crippen LogP contribution in [-0.4, -0.2) is 25.2 Å². The van der Waals surface area contributed by atoms with Crippen molar-refractivity contribution in [2.45, 2.75) is 46.0 Å². The van der Waals surface area contributed by atoms with Gasteiger partial charge in [0.25, 0.3) is 0 Å². The molecule has 0 saturated heterocycles. The first-order valence-corrected chi connectivity index (χ1v) is 5.52. The summed E-state index contributed by atoms with van der Waals surface area (Å²) in [6.07, 6.45) is 3.46. The van der Waals surface area contributed by atoms with Gasteiger partial charge in [0.05, 0.1) is 13.2 Å². The standard InChI is InChI=1S/C11H20O4/c1-3-5-6-8-15-11(13)9-10(12)14-7-4-2/h3-9H2,1-2H3. The van der Waals surface area contributed by atoms with E-state index >= 15 is 0 Å². The van der Waals surface area contributed by atoms with Gasteiger partial charge in [-0.15, -0.1) is 0 Å². The molecule has 0 unspecified atom stereocenters. The lowest BCUT2D eigenvalue weighted by Crippen LogP contribution is -2.14. The van der Waals surface area contributed by atoms with Crippen LogP contribution in [0.5, 0.6) is 0 Å². The van der Waals surface area contributed by atoms with Crippen molar-refractivity contribution in [1.82, 2.24) is 0 Å². The molecule has 0 heterocycles. The molecular weight excluding hydrogens is 196 g/mol. The summed E-state index contributed by atoms with van der Waals surface area (Å²) in [5.74, 6) is -0.996. The summed E-state index contributed by atoms with van der Waals surface area (Å²) in [6.45, 7) is 4.73. The third-order valence-corrected chi connectivity index (χ3v) is 1.77. The molecule has 0 amide bonds. The van der Waals surface area contributed by atoms with Gasteiger partial charge in [-0.3, -0.25) is 9.59 Å². The summed E-state index contributed by atoms with van der Waals surface area (Å²) in [4.78, 5) is 22.0. The average Bonchev–Trinajstić information content (AvgIpc) is 2.21. The third kappa shape index (κ3) is 9.25. The van der Waals surface area contributed by atoms with Gasteiger partial charge in [-0.25, -0.2) is 0 Å². The molecule has 4 heteroatoms. The second kappa shape index (κ2) is 9.49. The molecule has 0 aromatic heterocycles. The van der Waals surface area contributed by atoms with Crippen molar-refractivity contribution < 1.29 is 19.1 Å². The molecule has 88 valence electrons. The number of rotatable bonds is 8. The van der Waals surface area contributed by atoms with Gasteiger partial charge in [0.1, 0.15) is 6.42 Å². The highest BCUT2D eigenvalue weighted by Gasteiger charge is 2.11. The fraction of sp³-hybridized carbons (Fsp3) is 0.818. The summed E-state index contributed by atoms with van der Waals surface area (Å²) in [7, 11) is 0. The smallest absolute Gasteiger partial charge is 0.317 e. The van der Waals surface area contributed by atoms with Gasteiger partial charge >= 0.3 is 11.9 Å². The Kier molecular flexibility index (Phi) is 8.82. The number of esters is 2. The molecule has 0 atom stereocenters. The predicted molar refractivity (Wildman–Crippen MR) is 56.4 cm³/mol. The summed E-state index contributed by atoms with van der Waals surface area (Å²) < 4.78 is 9.60. The summed E-state index contributed by atoms with van der Waals surface area (Å²) in [5.41, 5.74) is 0. The van der Waals surface area contributed by atoms with Crippen LogP contribution >= 0.6 is 0 Å². The second-order valence-electron chi connectivity index (χ2n) is 3.32. The van der Waals surface area contributed by atoms with Gasteiger partial charge in [-0.05, 0) is 12.8 Å². The molecule has 0 aromatic carbocycles. The van der Waals surface area contributed by atoms with E-state index in [4.69, 9.17) is 9.47 Å². The second-order valence-corrected chi connectivity index (χ2v) is 3.32. The lowest BCUT2D eigenvalue weighted by molar-refractivity contribution is -0.154. The normalized spacial score (nSPS) is 9.73. The SMILES string of the molecule is CCCCCOC(=O)CC(=O)OCCC. The van der Waals surface area contributed by atoms with E-state index in [2.05, 4.69) is 6.92 Å². The third-order valence-electron chi connectivity index (χ3n) is 1.77. The van der Waals surface area contributed by atoms with E-state index in [0.717, 1.165) is 25.7 Å². The highest BCUT2D eigenvalue weighted by Crippen LogP contribution is 1.97. The first-order chi connectivity index (χ1) is 7.20. The lowest BCUT2D eigenvalue weighted by atomic mass is 10.3. The zero-order valence-corrected chi connectivity index (χ0v) is 9.58. The van der Waals surface area contributed by atoms with E-state index in [-0.39, 0.29) is 6.42 Å². The maximum atomic E-state index is 11.1. The summed E-state index contributed by atoms with van der Waals surface area (Å²) in [5, 5.41) is 0. The number of carbonyl (C=O) groups is 2. The molecular formula is C11H20O4. The van der Waals surface area contributed by atoms with Crippen molar-refractivity contribution in [3.8, 4) is 0 Å². The van der Waals surface area contributed by atoms with Crippen molar-refractivity contribution in [2.24, 2.45) is 0 Å². The number of carbonyl (C=O) groups excluding carboxylic acids is 2. The minimum Gasteiger partial charge on any atom is -0.465 e. The number of ether oxygens (including phenoxy) is 2. The molecule has 0 radical (unpaired) electrons. The van der Waals surface area contributed by atoms with Crippen molar-refractivity contribution in [3.63, 3.8) is 0 Å². The molecule has 0 spiro atoms. The topological polar surface area (TPSA) is 52.6 Å². The minimum atomic E-state index is -0.502. The molecule has 0 bridgehead atoms. The van der Waals surface area contributed by atoms with Crippen LogP contribution in [0.1, 0.15) is 46.0 Å². The van der Waals surface area contributed by atoms with Crippen LogP contribution in [0, 0.1) is 0 Å². The van der Waals surface area contributed by atoms with E-state index in [1.54, 1.807) is 0 Å². The fourth-order valence-corrected chi connectivity index (χ4v) is 0.974. The average molecular weight is 216 g/mol. The van der Waals surface area contributed by atoms with Gasteiger partial charge < -0.3 is 9.47 Å². The van der Waals surface area contributed by atoms with Crippen molar-refractivity contribution in [3.05, 3.63) is 0 Å². The Hall–Kier alpha value is -1.06. The fourth-order valence-electron chi connectivity index (χ4n) is 0.974. The van der Waals surface area contributed by atoms with E-state index in [9.17, 15) is 9.59 Å². The van der Waals surface area contributed by atoms with Crippen LogP contribution in [0.3, 0.4) is 0 Å². The Balaban J connectivity index is 3.43. The largest absolute Gasteiger partial charge is 0.465 e. The Morgan fingerprint density at radius 2 is 1.47 bits per heavy atom. The molecule has 0 N–H and O–H groups in total. The van der Waals surface area contributed by atoms with Gasteiger partial charge in [-0.2, -0.15) is 0 Å². The number of hydrogen-bond donors (Lipinski definition) is 0. The first-order valence-electron chi connectivity index (χ1n) is 5.52. The summed E-state index contributed by atoms with van der Waals surface area (Å²) in [6, 6.07) is 0. The molecule has 15 heavy (non-hydrogen) atoms. The number of unbranched alkanes of at least 4 members (excludes halogenated alkanes) is 2. The highest BCUT2D eigenvalue weighted by molar-refractivity contribution is 5.91. The van der Waals surface area contributed by atoms with Gasteiger partial charge in [0.15, 0.2) is 0 Å². The Bertz CT molecular complexity index is 189. The monoisotopic (exact) mass is 216 g/mol. The molecule has 0 aromatic rings. The molecule has 0 aliphatic carbocycles. The molecule has 0 aliphatic rings. The van der Waals surface area contributed by atoms with Crippen LogP contribution in [0.15, 0.2) is 0 Å². The quantitative estimate of drug-likeness (QED) is 0.354. The Morgan fingerprint density at radius 3 is 2.00 bits per heavy atom. The Morgan fingerprint density at radius 1 is 0.867 bits per heavy atom. The zero-order valence-electron chi connectivity index (χ0n) is 9.58. The molecule has 0 rings (SSSR count). The van der Waals surface area contributed by atoms with E-state index < -0.39 is 11.9 Å². The van der Waals surface area contributed by atoms with E-state index in [0.29, 0.717) is 13.2 Å². The predicted octanol–water partition coefficient (Wildman–Crippen LogP) is 2.06. The number of hydrogen-bond acceptors (Lipinski definition) is 4.